The van der Waals surface area contributed by atoms with Crippen molar-refractivity contribution in [2.75, 3.05) is 20.1 Å². The Kier molecular flexibility index (Phi) is 4.27. The molecule has 1 aliphatic carbocycles. The topological polar surface area (TPSA) is 39.7 Å². The summed E-state index contributed by atoms with van der Waals surface area (Å²) >= 11 is 1.84. The highest BCUT2D eigenvalue weighted by Gasteiger charge is 2.34. The van der Waals surface area contributed by atoms with E-state index in [4.69, 9.17) is 0 Å². The number of rotatable bonds is 4. The second kappa shape index (κ2) is 6.14. The average molecular weight is 292 g/mol. The Hall–Kier alpha value is -1.07. The smallest absolute Gasteiger partial charge is 0.191 e. The summed E-state index contributed by atoms with van der Waals surface area (Å²) in [6, 6.07) is 5.78. The van der Waals surface area contributed by atoms with Crippen LogP contribution in [0.15, 0.2) is 17.1 Å². The first-order chi connectivity index (χ1) is 9.74. The molecule has 5 heteroatoms. The van der Waals surface area contributed by atoms with Crippen LogP contribution in [0.3, 0.4) is 0 Å². The van der Waals surface area contributed by atoms with Gasteiger partial charge in [-0.15, -0.1) is 11.3 Å². The van der Waals surface area contributed by atoms with Crippen LogP contribution in [0.5, 0.6) is 0 Å². The van der Waals surface area contributed by atoms with Crippen molar-refractivity contribution < 1.29 is 0 Å². The SMILES string of the molecule is CN=C(NCc1ccc(C)s1)NC1CCN(C2CC2)C1. The van der Waals surface area contributed by atoms with Crippen molar-refractivity contribution in [3.05, 3.63) is 21.9 Å². The first kappa shape index (κ1) is 13.9. The molecule has 2 fully saturated rings. The number of nitrogens with one attached hydrogen (secondary N) is 2. The monoisotopic (exact) mass is 292 g/mol. The highest BCUT2D eigenvalue weighted by molar-refractivity contribution is 7.11. The van der Waals surface area contributed by atoms with Crippen LogP contribution in [0, 0.1) is 6.92 Å². The summed E-state index contributed by atoms with van der Waals surface area (Å²) in [4.78, 5) is 9.68. The van der Waals surface area contributed by atoms with E-state index in [9.17, 15) is 0 Å². The maximum absolute atomic E-state index is 4.34. The molecule has 2 N–H and O–H groups in total. The lowest BCUT2D eigenvalue weighted by atomic mass is 10.3. The zero-order chi connectivity index (χ0) is 13.9. The van der Waals surface area contributed by atoms with E-state index in [1.807, 2.05) is 18.4 Å². The largest absolute Gasteiger partial charge is 0.352 e. The van der Waals surface area contributed by atoms with E-state index in [1.165, 1.54) is 42.1 Å². The minimum atomic E-state index is 0.548. The Morgan fingerprint density at radius 1 is 1.40 bits per heavy atom. The van der Waals surface area contributed by atoms with Gasteiger partial charge >= 0.3 is 0 Å². The van der Waals surface area contributed by atoms with Gasteiger partial charge in [-0.1, -0.05) is 0 Å². The summed E-state index contributed by atoms with van der Waals surface area (Å²) in [5.74, 6) is 0.929. The molecule has 0 spiro atoms. The lowest BCUT2D eigenvalue weighted by Gasteiger charge is -2.18. The highest BCUT2D eigenvalue weighted by Crippen LogP contribution is 2.29. The van der Waals surface area contributed by atoms with Crippen LogP contribution >= 0.6 is 11.3 Å². The molecular formula is C15H24N4S. The number of nitrogens with zero attached hydrogens (tertiary/aromatic N) is 2. The Morgan fingerprint density at radius 2 is 2.25 bits per heavy atom. The van der Waals surface area contributed by atoms with Crippen LogP contribution < -0.4 is 10.6 Å². The third kappa shape index (κ3) is 3.52. The first-order valence-corrected chi connectivity index (χ1v) is 8.33. The van der Waals surface area contributed by atoms with Gasteiger partial charge in [0.1, 0.15) is 0 Å². The van der Waals surface area contributed by atoms with Crippen LogP contribution in [0.4, 0.5) is 0 Å². The van der Waals surface area contributed by atoms with E-state index in [0.717, 1.165) is 18.5 Å². The summed E-state index contributed by atoms with van der Waals surface area (Å²) in [5, 5.41) is 6.97. The van der Waals surface area contributed by atoms with E-state index in [-0.39, 0.29) is 0 Å². The molecule has 0 amide bonds. The number of guanidine groups is 1. The van der Waals surface area contributed by atoms with Crippen molar-refractivity contribution in [2.24, 2.45) is 4.99 Å². The van der Waals surface area contributed by atoms with Crippen molar-refractivity contribution in [1.29, 1.82) is 0 Å². The normalized spacial score (nSPS) is 24.1. The summed E-state index contributed by atoms with van der Waals surface area (Å²) in [6.07, 6.45) is 4.03. The van der Waals surface area contributed by atoms with Gasteiger partial charge in [0.25, 0.3) is 0 Å². The molecule has 1 aromatic rings. The fourth-order valence-electron chi connectivity index (χ4n) is 2.82. The number of aliphatic imine (C=N–C) groups is 1. The second-order valence-corrected chi connectivity index (χ2v) is 7.17. The third-order valence-corrected chi connectivity index (χ3v) is 5.07. The van der Waals surface area contributed by atoms with Gasteiger partial charge in [-0.25, -0.2) is 0 Å². The quantitative estimate of drug-likeness (QED) is 0.658. The molecule has 1 aromatic heterocycles. The molecule has 110 valence electrons. The van der Waals surface area contributed by atoms with Gasteiger partial charge in [-0.3, -0.25) is 9.89 Å². The summed E-state index contributed by atoms with van der Waals surface area (Å²) in [7, 11) is 1.85. The molecule has 1 saturated carbocycles. The molecule has 0 bridgehead atoms. The predicted molar refractivity (Wildman–Crippen MR) is 85.4 cm³/mol. The molecule has 1 unspecified atom stereocenters. The maximum atomic E-state index is 4.34. The molecule has 2 heterocycles. The van der Waals surface area contributed by atoms with Crippen LogP contribution in [0.2, 0.25) is 0 Å². The highest BCUT2D eigenvalue weighted by atomic mass is 32.1. The minimum absolute atomic E-state index is 0.548. The van der Waals surface area contributed by atoms with Crippen molar-refractivity contribution >= 4 is 17.3 Å². The van der Waals surface area contributed by atoms with Gasteiger partial charge in [-0.2, -0.15) is 0 Å². The van der Waals surface area contributed by atoms with Gasteiger partial charge in [0.05, 0.1) is 6.54 Å². The van der Waals surface area contributed by atoms with E-state index in [0.29, 0.717) is 6.04 Å². The zero-order valence-corrected chi connectivity index (χ0v) is 13.2. The Morgan fingerprint density at radius 3 is 2.90 bits per heavy atom. The first-order valence-electron chi connectivity index (χ1n) is 7.51. The lowest BCUT2D eigenvalue weighted by molar-refractivity contribution is 0.321. The molecule has 20 heavy (non-hydrogen) atoms. The Bertz CT molecular complexity index is 478. The third-order valence-electron chi connectivity index (χ3n) is 4.07. The fraction of sp³-hybridized carbons (Fsp3) is 0.667. The lowest BCUT2D eigenvalue weighted by Crippen LogP contribution is -2.44. The van der Waals surface area contributed by atoms with Crippen LogP contribution in [0.25, 0.3) is 0 Å². The average Bonchev–Trinajstić information content (AvgIpc) is 3.06. The molecule has 3 rings (SSSR count). The van der Waals surface area contributed by atoms with E-state index in [2.05, 4.69) is 39.6 Å². The van der Waals surface area contributed by atoms with Crippen LogP contribution in [0.1, 0.15) is 29.0 Å². The maximum Gasteiger partial charge on any atom is 0.191 e. The van der Waals surface area contributed by atoms with Gasteiger partial charge in [0.2, 0.25) is 0 Å². The van der Waals surface area contributed by atoms with Gasteiger partial charge in [0.15, 0.2) is 5.96 Å². The Labute approximate surface area is 125 Å². The molecular weight excluding hydrogens is 268 g/mol. The van der Waals surface area contributed by atoms with Gasteiger partial charge in [-0.05, 0) is 38.3 Å². The van der Waals surface area contributed by atoms with E-state index < -0.39 is 0 Å². The zero-order valence-electron chi connectivity index (χ0n) is 12.4. The molecule has 2 aliphatic rings. The second-order valence-electron chi connectivity index (χ2n) is 5.79. The van der Waals surface area contributed by atoms with Crippen LogP contribution in [-0.4, -0.2) is 43.1 Å². The van der Waals surface area contributed by atoms with Crippen molar-refractivity contribution in [2.45, 2.75) is 44.8 Å². The van der Waals surface area contributed by atoms with Crippen LogP contribution in [-0.2, 0) is 6.54 Å². The van der Waals surface area contributed by atoms with Crippen molar-refractivity contribution in [3.8, 4) is 0 Å². The van der Waals surface area contributed by atoms with Gasteiger partial charge in [0, 0.05) is 42.0 Å². The number of likely N-dealkylation sites (tertiary alicyclic amines) is 1. The minimum Gasteiger partial charge on any atom is -0.352 e. The number of thiophene rings is 1. The van der Waals surface area contributed by atoms with Gasteiger partial charge < -0.3 is 10.6 Å². The Balaban J connectivity index is 1.45. The molecule has 1 saturated heterocycles. The molecule has 1 atom stereocenters. The van der Waals surface area contributed by atoms with E-state index >= 15 is 0 Å². The summed E-state index contributed by atoms with van der Waals surface area (Å²) in [6.45, 7) is 5.41. The molecule has 1 aliphatic heterocycles. The summed E-state index contributed by atoms with van der Waals surface area (Å²) in [5.41, 5.74) is 0. The van der Waals surface area contributed by atoms with Crippen molar-refractivity contribution in [1.82, 2.24) is 15.5 Å². The fourth-order valence-corrected chi connectivity index (χ4v) is 3.65. The molecule has 4 nitrogen and oxygen atoms in total. The number of hydrogen-bond donors (Lipinski definition) is 2. The molecule has 0 radical (unpaired) electrons. The number of aryl methyl sites for hydroxylation is 1. The molecule has 0 aromatic carbocycles. The van der Waals surface area contributed by atoms with Crippen molar-refractivity contribution in [3.63, 3.8) is 0 Å². The summed E-state index contributed by atoms with van der Waals surface area (Å²) < 4.78 is 0. The standard InChI is InChI=1S/C15H24N4S/c1-11-3-6-14(20-11)9-17-15(16-2)18-12-7-8-19(10-12)13-4-5-13/h3,6,12-13H,4-5,7-10H2,1-2H3,(H2,16,17,18). The number of hydrogen-bond acceptors (Lipinski definition) is 3. The van der Waals surface area contributed by atoms with E-state index in [1.54, 1.807) is 0 Å². The predicted octanol–water partition coefficient (Wildman–Crippen LogP) is 1.96.